The van der Waals surface area contributed by atoms with E-state index in [2.05, 4.69) is 28.7 Å². The van der Waals surface area contributed by atoms with Gasteiger partial charge in [0.2, 0.25) is 0 Å². The molecule has 0 aliphatic heterocycles. The number of nitrogens with zero attached hydrogens (tertiary/aromatic N) is 1. The number of aromatic hydroxyl groups is 1. The molecule has 0 bridgehead atoms. The van der Waals surface area contributed by atoms with Crippen molar-refractivity contribution < 1.29 is 9.90 Å². The molecule has 0 saturated heterocycles. The Morgan fingerprint density at radius 1 is 0.733 bits per heavy atom. The molecule has 5 aromatic rings. The van der Waals surface area contributed by atoms with Crippen molar-refractivity contribution in [2.75, 3.05) is 0 Å². The van der Waals surface area contributed by atoms with Gasteiger partial charge in [0.1, 0.15) is 5.75 Å². The summed E-state index contributed by atoms with van der Waals surface area (Å²) < 4.78 is 0. The van der Waals surface area contributed by atoms with E-state index in [-0.39, 0.29) is 11.3 Å². The van der Waals surface area contributed by atoms with Gasteiger partial charge in [0.15, 0.2) is 0 Å². The first-order chi connectivity index (χ1) is 14.7. The molecule has 0 aliphatic rings. The fourth-order valence-corrected chi connectivity index (χ4v) is 3.81. The summed E-state index contributed by atoms with van der Waals surface area (Å²) >= 11 is 0. The van der Waals surface area contributed by atoms with Crippen LogP contribution in [0.1, 0.15) is 15.9 Å². The van der Waals surface area contributed by atoms with Crippen LogP contribution in [0.2, 0.25) is 0 Å². The van der Waals surface area contributed by atoms with Crippen LogP contribution in [0.5, 0.6) is 5.75 Å². The predicted molar refractivity (Wildman–Crippen MR) is 122 cm³/mol. The fraction of sp³-hybridized carbons (Fsp3) is 0. The Bertz CT molecular complexity index is 1400. The number of hydrazone groups is 1. The lowest BCUT2D eigenvalue weighted by Crippen LogP contribution is -2.17. The summed E-state index contributed by atoms with van der Waals surface area (Å²) in [5, 5.41) is 20.6. The number of rotatable bonds is 3. The monoisotopic (exact) mass is 390 g/mol. The highest BCUT2D eigenvalue weighted by atomic mass is 16.3. The van der Waals surface area contributed by atoms with E-state index in [1.54, 1.807) is 18.3 Å². The molecule has 5 aromatic carbocycles. The number of fused-ring (bicyclic) bond motifs is 3. The van der Waals surface area contributed by atoms with Crippen LogP contribution in [-0.2, 0) is 0 Å². The summed E-state index contributed by atoms with van der Waals surface area (Å²) in [7, 11) is 0. The van der Waals surface area contributed by atoms with E-state index in [1.165, 1.54) is 0 Å². The Hall–Kier alpha value is -4.18. The highest BCUT2D eigenvalue weighted by Gasteiger charge is 2.12. The van der Waals surface area contributed by atoms with Gasteiger partial charge in [-0.05, 0) is 50.5 Å². The lowest BCUT2D eigenvalue weighted by atomic mass is 9.97. The third-order valence-corrected chi connectivity index (χ3v) is 5.28. The van der Waals surface area contributed by atoms with Gasteiger partial charge in [0.25, 0.3) is 5.91 Å². The number of nitrogens with one attached hydrogen (secondary N) is 1. The van der Waals surface area contributed by atoms with Crippen LogP contribution in [0, 0.1) is 0 Å². The molecule has 4 nitrogen and oxygen atoms in total. The fourth-order valence-electron chi connectivity index (χ4n) is 3.81. The lowest BCUT2D eigenvalue weighted by molar-refractivity contribution is 0.0952. The number of hydrogen-bond donors (Lipinski definition) is 2. The Balaban J connectivity index is 1.51. The Morgan fingerprint density at radius 2 is 1.27 bits per heavy atom. The van der Waals surface area contributed by atoms with E-state index >= 15 is 0 Å². The van der Waals surface area contributed by atoms with Crippen molar-refractivity contribution in [2.45, 2.75) is 0 Å². The minimum atomic E-state index is -0.459. The minimum Gasteiger partial charge on any atom is -0.507 e. The maximum absolute atomic E-state index is 12.6. The zero-order valence-corrected chi connectivity index (χ0v) is 16.0. The van der Waals surface area contributed by atoms with E-state index < -0.39 is 5.91 Å². The highest BCUT2D eigenvalue weighted by Crippen LogP contribution is 2.27. The summed E-state index contributed by atoms with van der Waals surface area (Å²) in [5.74, 6) is -0.531. The molecule has 0 saturated carbocycles. The second-order valence-corrected chi connectivity index (χ2v) is 7.15. The van der Waals surface area contributed by atoms with E-state index in [4.69, 9.17) is 0 Å². The molecule has 0 atom stereocenters. The number of amides is 1. The van der Waals surface area contributed by atoms with Gasteiger partial charge in [-0.1, -0.05) is 72.8 Å². The number of phenols is 1. The second kappa shape index (κ2) is 7.33. The highest BCUT2D eigenvalue weighted by molar-refractivity contribution is 6.13. The van der Waals surface area contributed by atoms with Crippen molar-refractivity contribution in [1.82, 2.24) is 5.43 Å². The molecule has 0 fully saturated rings. The molecule has 0 aromatic heterocycles. The van der Waals surface area contributed by atoms with Crippen molar-refractivity contribution in [2.24, 2.45) is 5.10 Å². The third-order valence-electron chi connectivity index (χ3n) is 5.28. The topological polar surface area (TPSA) is 61.7 Å². The van der Waals surface area contributed by atoms with Gasteiger partial charge in [0.05, 0.1) is 11.8 Å². The number of hydrogen-bond acceptors (Lipinski definition) is 3. The number of carbonyl (C=O) groups is 1. The summed E-state index contributed by atoms with van der Waals surface area (Å²) in [4.78, 5) is 12.6. The molecular weight excluding hydrogens is 372 g/mol. The smallest absolute Gasteiger partial charge is 0.275 e. The largest absolute Gasteiger partial charge is 0.507 e. The average molecular weight is 390 g/mol. The Morgan fingerprint density at radius 3 is 1.90 bits per heavy atom. The quantitative estimate of drug-likeness (QED) is 0.239. The maximum atomic E-state index is 12.6. The normalized spacial score (nSPS) is 11.5. The van der Waals surface area contributed by atoms with Crippen LogP contribution < -0.4 is 5.43 Å². The molecule has 5 rings (SSSR count). The first kappa shape index (κ1) is 17.9. The molecule has 4 heteroatoms. The van der Waals surface area contributed by atoms with E-state index in [1.807, 2.05) is 60.7 Å². The second-order valence-electron chi connectivity index (χ2n) is 7.15. The van der Waals surface area contributed by atoms with Crippen LogP contribution in [0.15, 0.2) is 96.1 Å². The molecule has 0 spiro atoms. The van der Waals surface area contributed by atoms with Crippen molar-refractivity contribution >= 4 is 44.4 Å². The molecule has 144 valence electrons. The SMILES string of the molecule is O=C(N/N=C\c1c2ccccc2cc2ccccc12)c1cc2ccccc2cc1O. The van der Waals surface area contributed by atoms with Crippen LogP contribution in [0.4, 0.5) is 0 Å². The van der Waals surface area contributed by atoms with Gasteiger partial charge in [-0.3, -0.25) is 4.79 Å². The van der Waals surface area contributed by atoms with Gasteiger partial charge in [-0.25, -0.2) is 5.43 Å². The van der Waals surface area contributed by atoms with Crippen molar-refractivity contribution in [1.29, 1.82) is 0 Å². The van der Waals surface area contributed by atoms with Crippen molar-refractivity contribution in [3.05, 3.63) is 102 Å². The van der Waals surface area contributed by atoms with Gasteiger partial charge in [-0.2, -0.15) is 5.10 Å². The van der Waals surface area contributed by atoms with Gasteiger partial charge >= 0.3 is 0 Å². The Kier molecular flexibility index (Phi) is 4.37. The molecule has 0 heterocycles. The zero-order valence-electron chi connectivity index (χ0n) is 16.0. The summed E-state index contributed by atoms with van der Waals surface area (Å²) in [6.45, 7) is 0. The van der Waals surface area contributed by atoms with Gasteiger partial charge in [-0.15, -0.1) is 0 Å². The van der Waals surface area contributed by atoms with Crippen LogP contribution in [-0.4, -0.2) is 17.2 Å². The van der Waals surface area contributed by atoms with Crippen LogP contribution in [0.3, 0.4) is 0 Å². The maximum Gasteiger partial charge on any atom is 0.275 e. The molecule has 2 N–H and O–H groups in total. The molecule has 0 unspecified atom stereocenters. The number of carbonyl (C=O) groups excluding carboxylic acids is 1. The molecule has 1 amide bonds. The van der Waals surface area contributed by atoms with Crippen molar-refractivity contribution in [3.63, 3.8) is 0 Å². The number of phenolic OH excluding ortho intramolecular Hbond substituents is 1. The summed E-state index contributed by atoms with van der Waals surface area (Å²) in [6.07, 6.45) is 1.67. The summed E-state index contributed by atoms with van der Waals surface area (Å²) in [6, 6.07) is 29.2. The van der Waals surface area contributed by atoms with E-state index in [0.29, 0.717) is 0 Å². The summed E-state index contributed by atoms with van der Waals surface area (Å²) in [5.41, 5.74) is 3.68. The zero-order chi connectivity index (χ0) is 20.5. The van der Waals surface area contributed by atoms with E-state index in [0.717, 1.165) is 37.9 Å². The van der Waals surface area contributed by atoms with Gasteiger partial charge < -0.3 is 5.11 Å². The van der Waals surface area contributed by atoms with Crippen molar-refractivity contribution in [3.8, 4) is 5.75 Å². The molecule has 0 radical (unpaired) electrons. The van der Waals surface area contributed by atoms with Gasteiger partial charge in [0, 0.05) is 5.56 Å². The third kappa shape index (κ3) is 3.14. The predicted octanol–water partition coefficient (Wildman–Crippen LogP) is 5.62. The molecule has 30 heavy (non-hydrogen) atoms. The van der Waals surface area contributed by atoms with E-state index in [9.17, 15) is 9.90 Å². The molecule has 0 aliphatic carbocycles. The first-order valence-corrected chi connectivity index (χ1v) is 9.66. The lowest BCUT2D eigenvalue weighted by Gasteiger charge is -2.08. The van der Waals surface area contributed by atoms with Crippen LogP contribution >= 0.6 is 0 Å². The Labute approximate surface area is 173 Å². The average Bonchev–Trinajstić information content (AvgIpc) is 2.78. The standard InChI is InChI=1S/C26H18N2O2/c29-25-15-18-8-2-1-7-17(18)14-23(25)26(30)28-27-16-24-21-11-5-3-9-19(21)13-20-10-4-6-12-22(20)24/h1-16,29H,(H,28,30)/b27-16-. The first-order valence-electron chi connectivity index (χ1n) is 9.66. The molecular formula is C26H18N2O2. The number of benzene rings is 5. The minimum absolute atomic E-state index is 0.0722. The van der Waals surface area contributed by atoms with Crippen LogP contribution in [0.25, 0.3) is 32.3 Å².